The number of nitrogens with zero attached hydrogens (tertiary/aromatic N) is 2. The fourth-order valence-corrected chi connectivity index (χ4v) is 2.21. The number of amides is 2. The van der Waals surface area contributed by atoms with E-state index in [1.807, 2.05) is 11.0 Å². The molecule has 2 amide bonds. The van der Waals surface area contributed by atoms with E-state index in [2.05, 4.69) is 10.6 Å². The van der Waals surface area contributed by atoms with Gasteiger partial charge < -0.3 is 10.6 Å². The Bertz CT molecular complexity index is 565. The molecule has 1 fully saturated rings. The molecule has 110 valence electrons. The number of carbonyl (C=O) groups is 2. The van der Waals surface area contributed by atoms with E-state index >= 15 is 0 Å². The van der Waals surface area contributed by atoms with Crippen molar-refractivity contribution >= 4 is 17.5 Å². The molecule has 0 unspecified atom stereocenters. The maximum absolute atomic E-state index is 11.9. The minimum absolute atomic E-state index is 0.00892. The van der Waals surface area contributed by atoms with E-state index in [1.165, 1.54) is 0 Å². The minimum Gasteiger partial charge on any atom is -0.355 e. The van der Waals surface area contributed by atoms with Gasteiger partial charge in [-0.05, 0) is 24.6 Å². The lowest BCUT2D eigenvalue weighted by atomic mass is 10.2. The first-order chi connectivity index (χ1) is 10.2. The van der Waals surface area contributed by atoms with Gasteiger partial charge in [0.2, 0.25) is 11.8 Å². The van der Waals surface area contributed by atoms with Crippen molar-refractivity contribution in [1.82, 2.24) is 10.2 Å². The molecule has 0 saturated carbocycles. The van der Waals surface area contributed by atoms with Gasteiger partial charge in [-0.15, -0.1) is 0 Å². The van der Waals surface area contributed by atoms with Crippen molar-refractivity contribution in [3.8, 4) is 6.07 Å². The number of anilines is 1. The average Bonchev–Trinajstić information content (AvgIpc) is 2.69. The predicted octanol–water partition coefficient (Wildman–Crippen LogP) is 0.709. The van der Waals surface area contributed by atoms with Gasteiger partial charge in [0.15, 0.2) is 0 Å². The molecule has 2 rings (SSSR count). The van der Waals surface area contributed by atoms with Crippen LogP contribution in [0.3, 0.4) is 0 Å². The summed E-state index contributed by atoms with van der Waals surface area (Å²) in [7, 11) is 0. The highest BCUT2D eigenvalue weighted by Gasteiger charge is 2.15. The molecule has 6 heteroatoms. The average molecular weight is 286 g/mol. The molecule has 0 aromatic heterocycles. The summed E-state index contributed by atoms with van der Waals surface area (Å²) in [5, 5.41) is 14.4. The van der Waals surface area contributed by atoms with Crippen molar-refractivity contribution in [2.24, 2.45) is 0 Å². The van der Waals surface area contributed by atoms with Gasteiger partial charge in [0.05, 0.1) is 18.2 Å². The van der Waals surface area contributed by atoms with Crippen LogP contribution in [0.1, 0.15) is 18.4 Å². The van der Waals surface area contributed by atoms with Crippen LogP contribution in [0.4, 0.5) is 5.69 Å². The summed E-state index contributed by atoms with van der Waals surface area (Å²) >= 11 is 0. The van der Waals surface area contributed by atoms with Gasteiger partial charge in [0.1, 0.15) is 0 Å². The standard InChI is InChI=1S/C15H18N4O2/c16-10-12-3-1-4-13(9-12)18-14(20)5-8-19-7-2-6-17-15(21)11-19/h1,3-4,9H,2,5-8,11H2,(H,17,21)(H,18,20). The third kappa shape index (κ3) is 4.89. The largest absolute Gasteiger partial charge is 0.355 e. The molecule has 1 saturated heterocycles. The van der Waals surface area contributed by atoms with Crippen LogP contribution in [0.25, 0.3) is 0 Å². The monoisotopic (exact) mass is 286 g/mol. The molecule has 1 aliphatic heterocycles. The molecule has 1 aromatic rings. The van der Waals surface area contributed by atoms with Crippen LogP contribution in [0.2, 0.25) is 0 Å². The topological polar surface area (TPSA) is 85.2 Å². The molecule has 1 aliphatic rings. The molecule has 0 spiro atoms. The first-order valence-corrected chi connectivity index (χ1v) is 6.96. The van der Waals surface area contributed by atoms with Crippen LogP contribution in [0.15, 0.2) is 24.3 Å². The summed E-state index contributed by atoms with van der Waals surface area (Å²) in [6, 6.07) is 8.83. The Hall–Kier alpha value is -2.39. The lowest BCUT2D eigenvalue weighted by Gasteiger charge is -2.17. The molecular weight excluding hydrogens is 268 g/mol. The van der Waals surface area contributed by atoms with Gasteiger partial charge in [0.25, 0.3) is 0 Å². The predicted molar refractivity (Wildman–Crippen MR) is 78.5 cm³/mol. The fraction of sp³-hybridized carbons (Fsp3) is 0.400. The van der Waals surface area contributed by atoms with E-state index in [1.54, 1.807) is 24.3 Å². The lowest BCUT2D eigenvalue weighted by molar-refractivity contribution is -0.122. The van der Waals surface area contributed by atoms with Crippen LogP contribution >= 0.6 is 0 Å². The number of rotatable bonds is 4. The van der Waals surface area contributed by atoms with Crippen LogP contribution in [0.5, 0.6) is 0 Å². The molecule has 1 heterocycles. The number of hydrogen-bond acceptors (Lipinski definition) is 4. The van der Waals surface area contributed by atoms with E-state index in [0.29, 0.717) is 37.3 Å². The van der Waals surface area contributed by atoms with Crippen molar-refractivity contribution < 1.29 is 9.59 Å². The summed E-state index contributed by atoms with van der Waals surface area (Å²) in [6.45, 7) is 2.41. The summed E-state index contributed by atoms with van der Waals surface area (Å²) in [5.74, 6) is -0.107. The summed E-state index contributed by atoms with van der Waals surface area (Å²) in [6.07, 6.45) is 1.22. The summed E-state index contributed by atoms with van der Waals surface area (Å²) < 4.78 is 0. The quantitative estimate of drug-likeness (QED) is 0.853. The maximum atomic E-state index is 11.9. The second kappa shape index (κ2) is 7.41. The SMILES string of the molecule is N#Cc1cccc(NC(=O)CCN2CCCNC(=O)C2)c1. The van der Waals surface area contributed by atoms with Crippen molar-refractivity contribution in [2.75, 3.05) is 31.5 Å². The van der Waals surface area contributed by atoms with Crippen molar-refractivity contribution in [1.29, 1.82) is 5.26 Å². The smallest absolute Gasteiger partial charge is 0.234 e. The van der Waals surface area contributed by atoms with Gasteiger partial charge in [-0.1, -0.05) is 6.07 Å². The van der Waals surface area contributed by atoms with Crippen LogP contribution in [0, 0.1) is 11.3 Å². The second-order valence-corrected chi connectivity index (χ2v) is 4.97. The van der Waals surface area contributed by atoms with E-state index in [-0.39, 0.29) is 11.8 Å². The highest BCUT2D eigenvalue weighted by molar-refractivity contribution is 5.91. The summed E-state index contributed by atoms with van der Waals surface area (Å²) in [5.41, 5.74) is 1.13. The van der Waals surface area contributed by atoms with E-state index < -0.39 is 0 Å². The molecule has 0 bridgehead atoms. The second-order valence-electron chi connectivity index (χ2n) is 4.97. The van der Waals surface area contributed by atoms with E-state index in [4.69, 9.17) is 5.26 Å². The molecule has 21 heavy (non-hydrogen) atoms. The molecule has 1 aromatic carbocycles. The Morgan fingerprint density at radius 3 is 3.14 bits per heavy atom. The van der Waals surface area contributed by atoms with Crippen LogP contribution in [-0.4, -0.2) is 42.9 Å². The van der Waals surface area contributed by atoms with Crippen molar-refractivity contribution in [3.05, 3.63) is 29.8 Å². The Morgan fingerprint density at radius 1 is 1.48 bits per heavy atom. The molecule has 2 N–H and O–H groups in total. The fourth-order valence-electron chi connectivity index (χ4n) is 2.21. The highest BCUT2D eigenvalue weighted by atomic mass is 16.2. The third-order valence-corrected chi connectivity index (χ3v) is 3.27. The number of carbonyl (C=O) groups excluding carboxylic acids is 2. The van der Waals surface area contributed by atoms with Gasteiger partial charge in [-0.2, -0.15) is 5.26 Å². The van der Waals surface area contributed by atoms with Gasteiger partial charge in [0, 0.05) is 31.7 Å². The van der Waals surface area contributed by atoms with Crippen LogP contribution in [-0.2, 0) is 9.59 Å². The molecule has 0 atom stereocenters. The maximum Gasteiger partial charge on any atom is 0.234 e. The zero-order valence-electron chi connectivity index (χ0n) is 11.8. The van der Waals surface area contributed by atoms with Crippen molar-refractivity contribution in [2.45, 2.75) is 12.8 Å². The van der Waals surface area contributed by atoms with Gasteiger partial charge in [-0.25, -0.2) is 0 Å². The van der Waals surface area contributed by atoms with Crippen molar-refractivity contribution in [3.63, 3.8) is 0 Å². The van der Waals surface area contributed by atoms with E-state index in [0.717, 1.165) is 13.0 Å². The highest BCUT2D eigenvalue weighted by Crippen LogP contribution is 2.10. The molecule has 0 aliphatic carbocycles. The van der Waals surface area contributed by atoms with E-state index in [9.17, 15) is 9.59 Å². The Morgan fingerprint density at radius 2 is 2.33 bits per heavy atom. The van der Waals surface area contributed by atoms with Gasteiger partial charge >= 0.3 is 0 Å². The number of nitriles is 1. The minimum atomic E-state index is -0.116. The number of nitrogens with one attached hydrogen (secondary N) is 2. The third-order valence-electron chi connectivity index (χ3n) is 3.27. The Balaban J connectivity index is 1.81. The Kier molecular flexibility index (Phi) is 5.29. The first kappa shape index (κ1) is 15.0. The Labute approximate surface area is 123 Å². The lowest BCUT2D eigenvalue weighted by Crippen LogP contribution is -2.34. The first-order valence-electron chi connectivity index (χ1n) is 6.96. The zero-order valence-corrected chi connectivity index (χ0v) is 11.8. The molecule has 0 radical (unpaired) electrons. The zero-order chi connectivity index (χ0) is 15.1. The van der Waals surface area contributed by atoms with Gasteiger partial charge in [-0.3, -0.25) is 14.5 Å². The molecular formula is C15H18N4O2. The number of hydrogen-bond donors (Lipinski definition) is 2. The summed E-state index contributed by atoms with van der Waals surface area (Å²) in [4.78, 5) is 25.3. The normalized spacial score (nSPS) is 15.7. The molecule has 6 nitrogen and oxygen atoms in total. The number of benzene rings is 1. The van der Waals surface area contributed by atoms with Crippen LogP contribution < -0.4 is 10.6 Å².